The Hall–Kier alpha value is -1.50. The first-order valence-electron chi connectivity index (χ1n) is 4.37. The van der Waals surface area contributed by atoms with Gasteiger partial charge in [0.15, 0.2) is 0 Å². The van der Waals surface area contributed by atoms with Crippen LogP contribution in [0.1, 0.15) is 11.1 Å². The predicted molar refractivity (Wildman–Crippen MR) is 53.6 cm³/mol. The fraction of sp³-hybridized carbons (Fsp3) is 0.167. The van der Waals surface area contributed by atoms with Crippen molar-refractivity contribution in [1.29, 1.82) is 0 Å². The summed E-state index contributed by atoms with van der Waals surface area (Å²) in [4.78, 5) is 0. The Morgan fingerprint density at radius 2 is 1.62 bits per heavy atom. The van der Waals surface area contributed by atoms with Crippen LogP contribution >= 0.6 is 0 Å². The topological polar surface area (TPSA) is 13.1 Å². The molecule has 0 aliphatic heterocycles. The highest BCUT2D eigenvalue weighted by Gasteiger charge is 2.02. The Balaban J connectivity index is 2.47. The van der Waals surface area contributed by atoms with Gasteiger partial charge in [-0.15, -0.1) is 0 Å². The van der Waals surface area contributed by atoms with Crippen LogP contribution in [-0.4, -0.2) is 0 Å². The third kappa shape index (κ3) is 1.50. The van der Waals surface area contributed by atoms with Gasteiger partial charge in [0.2, 0.25) is 0 Å². The molecular weight excluding hydrogens is 160 g/mol. The van der Waals surface area contributed by atoms with Gasteiger partial charge in [0.05, 0.1) is 12.5 Å². The summed E-state index contributed by atoms with van der Waals surface area (Å²) >= 11 is 0. The highest BCUT2D eigenvalue weighted by atomic mass is 16.3. The fourth-order valence-corrected chi connectivity index (χ4v) is 1.39. The van der Waals surface area contributed by atoms with Crippen LogP contribution in [0.5, 0.6) is 0 Å². The highest BCUT2D eigenvalue weighted by Crippen LogP contribution is 2.23. The normalized spacial score (nSPS) is 10.3. The third-order valence-corrected chi connectivity index (χ3v) is 2.22. The monoisotopic (exact) mass is 172 g/mol. The van der Waals surface area contributed by atoms with E-state index in [2.05, 4.69) is 38.1 Å². The lowest BCUT2D eigenvalue weighted by Crippen LogP contribution is -1.77. The van der Waals surface area contributed by atoms with Crippen LogP contribution in [0.2, 0.25) is 0 Å². The quantitative estimate of drug-likeness (QED) is 0.641. The molecule has 2 aromatic rings. The van der Waals surface area contributed by atoms with E-state index in [0.29, 0.717) is 0 Å². The van der Waals surface area contributed by atoms with Gasteiger partial charge in [0.25, 0.3) is 0 Å². The first-order valence-corrected chi connectivity index (χ1v) is 4.37. The van der Waals surface area contributed by atoms with Crippen molar-refractivity contribution in [2.45, 2.75) is 13.8 Å². The van der Waals surface area contributed by atoms with E-state index in [1.165, 1.54) is 22.3 Å². The van der Waals surface area contributed by atoms with E-state index < -0.39 is 0 Å². The number of hydrogen-bond acceptors (Lipinski definition) is 1. The second-order valence-electron chi connectivity index (χ2n) is 3.33. The van der Waals surface area contributed by atoms with E-state index in [-0.39, 0.29) is 0 Å². The Morgan fingerprint density at radius 3 is 2.15 bits per heavy atom. The summed E-state index contributed by atoms with van der Waals surface area (Å²) < 4.78 is 5.13. The zero-order valence-electron chi connectivity index (χ0n) is 7.87. The molecule has 0 unspecified atom stereocenters. The van der Waals surface area contributed by atoms with Crippen LogP contribution < -0.4 is 0 Å². The fourth-order valence-electron chi connectivity index (χ4n) is 1.39. The maximum atomic E-state index is 5.13. The first-order chi connectivity index (χ1) is 6.27. The number of furan rings is 1. The van der Waals surface area contributed by atoms with Gasteiger partial charge in [-0.05, 0) is 25.0 Å². The number of aryl methyl sites for hydroxylation is 2. The summed E-state index contributed by atoms with van der Waals surface area (Å²) in [5.41, 5.74) is 4.87. The van der Waals surface area contributed by atoms with Crippen LogP contribution in [-0.2, 0) is 0 Å². The second kappa shape index (κ2) is 3.09. The lowest BCUT2D eigenvalue weighted by atomic mass is 10.0. The van der Waals surface area contributed by atoms with Crippen molar-refractivity contribution in [2.75, 3.05) is 0 Å². The van der Waals surface area contributed by atoms with E-state index in [9.17, 15) is 0 Å². The summed E-state index contributed by atoms with van der Waals surface area (Å²) in [5.74, 6) is 0. The van der Waals surface area contributed by atoms with Crippen LogP contribution in [0.15, 0.2) is 41.2 Å². The summed E-state index contributed by atoms with van der Waals surface area (Å²) in [6.07, 6.45) is 3.56. The molecule has 13 heavy (non-hydrogen) atoms. The van der Waals surface area contributed by atoms with Gasteiger partial charge in [-0.25, -0.2) is 0 Å². The molecule has 0 radical (unpaired) electrons. The molecule has 0 bridgehead atoms. The molecule has 0 atom stereocenters. The molecule has 66 valence electrons. The van der Waals surface area contributed by atoms with E-state index in [1.54, 1.807) is 12.5 Å². The largest absolute Gasteiger partial charge is 0.472 e. The van der Waals surface area contributed by atoms with Crippen molar-refractivity contribution in [2.24, 2.45) is 0 Å². The van der Waals surface area contributed by atoms with Crippen LogP contribution in [0.3, 0.4) is 0 Å². The molecule has 0 saturated heterocycles. The minimum absolute atomic E-state index is 1.18. The zero-order valence-corrected chi connectivity index (χ0v) is 7.87. The number of benzene rings is 1. The minimum atomic E-state index is 1.18. The average Bonchev–Trinajstić information content (AvgIpc) is 2.53. The second-order valence-corrected chi connectivity index (χ2v) is 3.33. The smallest absolute Gasteiger partial charge is 0.0983 e. The zero-order chi connectivity index (χ0) is 9.26. The van der Waals surface area contributed by atoms with Crippen molar-refractivity contribution in [3.8, 4) is 11.1 Å². The summed E-state index contributed by atoms with van der Waals surface area (Å²) in [5, 5.41) is 0. The Morgan fingerprint density at radius 1 is 0.923 bits per heavy atom. The van der Waals surface area contributed by atoms with Crippen LogP contribution in [0.4, 0.5) is 0 Å². The molecule has 0 aliphatic rings. The van der Waals surface area contributed by atoms with E-state index in [1.807, 2.05) is 0 Å². The van der Waals surface area contributed by atoms with Crippen molar-refractivity contribution < 1.29 is 4.42 Å². The maximum absolute atomic E-state index is 5.13. The van der Waals surface area contributed by atoms with E-state index in [0.717, 1.165) is 0 Å². The molecule has 0 spiro atoms. The summed E-state index contributed by atoms with van der Waals surface area (Å²) in [6, 6.07) is 8.46. The molecule has 0 saturated carbocycles. The Bertz CT molecular complexity index is 395. The van der Waals surface area contributed by atoms with Gasteiger partial charge < -0.3 is 4.42 Å². The van der Waals surface area contributed by atoms with Crippen molar-refractivity contribution in [3.05, 3.63) is 47.9 Å². The molecule has 0 amide bonds. The predicted octanol–water partition coefficient (Wildman–Crippen LogP) is 3.56. The summed E-state index contributed by atoms with van der Waals surface area (Å²) in [6.45, 7) is 4.14. The highest BCUT2D eigenvalue weighted by molar-refractivity contribution is 5.65. The SMILES string of the molecule is Cc1ccc(-c2cocc2C)cc1. The molecular formula is C12H12O. The van der Waals surface area contributed by atoms with Crippen LogP contribution in [0, 0.1) is 13.8 Å². The molecule has 1 nitrogen and oxygen atoms in total. The van der Waals surface area contributed by atoms with E-state index in [4.69, 9.17) is 4.42 Å². The minimum Gasteiger partial charge on any atom is -0.472 e. The molecule has 0 fully saturated rings. The third-order valence-electron chi connectivity index (χ3n) is 2.22. The van der Waals surface area contributed by atoms with Crippen molar-refractivity contribution in [3.63, 3.8) is 0 Å². The average molecular weight is 172 g/mol. The molecule has 1 heterocycles. The molecule has 0 aliphatic carbocycles. The van der Waals surface area contributed by atoms with Gasteiger partial charge in [-0.1, -0.05) is 29.8 Å². The molecule has 1 aromatic carbocycles. The van der Waals surface area contributed by atoms with Crippen molar-refractivity contribution >= 4 is 0 Å². The van der Waals surface area contributed by atoms with Gasteiger partial charge >= 0.3 is 0 Å². The van der Waals surface area contributed by atoms with Crippen molar-refractivity contribution in [1.82, 2.24) is 0 Å². The number of hydrogen-bond donors (Lipinski definition) is 0. The van der Waals surface area contributed by atoms with Crippen LogP contribution in [0.25, 0.3) is 11.1 Å². The van der Waals surface area contributed by atoms with Gasteiger partial charge in [0, 0.05) is 5.56 Å². The maximum Gasteiger partial charge on any atom is 0.0983 e. The Kier molecular flexibility index (Phi) is 1.93. The molecule has 1 heteroatoms. The lowest BCUT2D eigenvalue weighted by Gasteiger charge is -1.98. The van der Waals surface area contributed by atoms with Gasteiger partial charge in [-0.2, -0.15) is 0 Å². The first kappa shape index (κ1) is 8.11. The standard InChI is InChI=1S/C12H12O/c1-9-3-5-11(6-4-9)12-8-13-7-10(12)2/h3-8H,1-2H3. The summed E-state index contributed by atoms with van der Waals surface area (Å²) in [7, 11) is 0. The van der Waals surface area contributed by atoms with Gasteiger partial charge in [0.1, 0.15) is 0 Å². The van der Waals surface area contributed by atoms with Gasteiger partial charge in [-0.3, -0.25) is 0 Å². The molecule has 1 aromatic heterocycles. The molecule has 2 rings (SSSR count). The molecule has 0 N–H and O–H groups in total. The number of rotatable bonds is 1. The lowest BCUT2D eigenvalue weighted by molar-refractivity contribution is 0.566. The van der Waals surface area contributed by atoms with E-state index >= 15 is 0 Å². The Labute approximate surface area is 78.0 Å².